The normalized spacial score (nSPS) is 11.0. The molecule has 0 spiro atoms. The predicted molar refractivity (Wildman–Crippen MR) is 109 cm³/mol. The van der Waals surface area contributed by atoms with Gasteiger partial charge in [0.05, 0.1) is 12.2 Å². The summed E-state index contributed by atoms with van der Waals surface area (Å²) >= 11 is 1.40. The smallest absolute Gasteiger partial charge is 0.245 e. The number of carbonyl (C=O) groups excluding carboxylic acids is 2. The molecule has 0 unspecified atom stereocenters. The molecule has 0 aliphatic rings. The molecule has 7 heteroatoms. The van der Waals surface area contributed by atoms with Crippen molar-refractivity contribution in [3.63, 3.8) is 0 Å². The predicted octanol–water partition coefficient (Wildman–Crippen LogP) is 3.53. The molecule has 0 fully saturated rings. The lowest BCUT2D eigenvalue weighted by Gasteiger charge is -2.23. The average Bonchev–Trinajstić information content (AvgIpc) is 2.98. The lowest BCUT2D eigenvalue weighted by atomic mass is 10.1. The quantitative estimate of drug-likeness (QED) is 0.530. The number of aromatic nitrogens is 1. The Hall–Kier alpha value is -1.47. The highest BCUT2D eigenvalue weighted by Gasteiger charge is 2.17. The molecule has 0 saturated heterocycles. The molecule has 1 rings (SSSR count). The summed E-state index contributed by atoms with van der Waals surface area (Å²) in [6.07, 6.45) is 6.95. The van der Waals surface area contributed by atoms with Crippen LogP contribution in [0.1, 0.15) is 57.6 Å². The van der Waals surface area contributed by atoms with Gasteiger partial charge in [-0.25, -0.2) is 4.98 Å². The van der Waals surface area contributed by atoms with Gasteiger partial charge in [-0.15, -0.1) is 11.3 Å². The van der Waals surface area contributed by atoms with Crippen LogP contribution in [-0.4, -0.2) is 60.3 Å². The third kappa shape index (κ3) is 9.87. The first-order valence-corrected chi connectivity index (χ1v) is 10.4. The second-order valence-electron chi connectivity index (χ2n) is 6.98. The van der Waals surface area contributed by atoms with Crippen LogP contribution in [0.3, 0.4) is 0 Å². The number of hydrogen-bond acceptors (Lipinski definition) is 5. The molecule has 148 valence electrons. The van der Waals surface area contributed by atoms with Crippen molar-refractivity contribution < 1.29 is 9.59 Å². The largest absolute Gasteiger partial charge is 0.333 e. The van der Waals surface area contributed by atoms with Crippen molar-refractivity contribution in [3.8, 4) is 0 Å². The first kappa shape index (κ1) is 22.6. The standard InChI is InChI=1S/C19H34N4O2S/c1-5-6-7-8-9-11-18(25)23(13-10-12-22(3)4)14-17(24)21-19-20-16(2)15-26-19/h15H,5-14H2,1-4H3,(H,20,21,24). The SMILES string of the molecule is CCCCCCCC(=O)N(CCCN(C)C)CC(=O)Nc1nc(C)cs1. The van der Waals surface area contributed by atoms with Gasteiger partial charge in [0, 0.05) is 18.3 Å². The van der Waals surface area contributed by atoms with Crippen molar-refractivity contribution >= 4 is 28.3 Å². The number of unbranched alkanes of at least 4 members (excludes halogenated alkanes) is 4. The highest BCUT2D eigenvalue weighted by atomic mass is 32.1. The van der Waals surface area contributed by atoms with Gasteiger partial charge in [0.1, 0.15) is 0 Å². The fourth-order valence-corrected chi connectivity index (χ4v) is 3.36. The first-order chi connectivity index (χ1) is 12.4. The molecule has 1 N–H and O–H groups in total. The summed E-state index contributed by atoms with van der Waals surface area (Å²) in [5, 5.41) is 5.28. The number of anilines is 1. The van der Waals surface area contributed by atoms with Crippen LogP contribution >= 0.6 is 11.3 Å². The van der Waals surface area contributed by atoms with Crippen LogP contribution in [0.4, 0.5) is 5.13 Å². The van der Waals surface area contributed by atoms with E-state index in [1.165, 1.54) is 30.6 Å². The molecule has 0 radical (unpaired) electrons. The molecule has 26 heavy (non-hydrogen) atoms. The molecule has 0 atom stereocenters. The van der Waals surface area contributed by atoms with Crippen molar-refractivity contribution in [1.82, 2.24) is 14.8 Å². The number of thiazole rings is 1. The topological polar surface area (TPSA) is 65.5 Å². The Morgan fingerprint density at radius 2 is 1.85 bits per heavy atom. The first-order valence-electron chi connectivity index (χ1n) is 9.56. The van der Waals surface area contributed by atoms with E-state index in [9.17, 15) is 9.59 Å². The van der Waals surface area contributed by atoms with Crippen LogP contribution in [0.15, 0.2) is 5.38 Å². The lowest BCUT2D eigenvalue weighted by Crippen LogP contribution is -2.39. The van der Waals surface area contributed by atoms with Crippen molar-refractivity contribution in [1.29, 1.82) is 0 Å². The van der Waals surface area contributed by atoms with Crippen molar-refractivity contribution in [2.24, 2.45) is 0 Å². The van der Waals surface area contributed by atoms with Gasteiger partial charge in [0.2, 0.25) is 11.8 Å². The van der Waals surface area contributed by atoms with Crippen LogP contribution in [0.5, 0.6) is 0 Å². The Bertz CT molecular complexity index is 545. The molecule has 0 aliphatic carbocycles. The van der Waals surface area contributed by atoms with Gasteiger partial charge in [-0.05, 0) is 40.4 Å². The van der Waals surface area contributed by atoms with Gasteiger partial charge in [-0.2, -0.15) is 0 Å². The van der Waals surface area contributed by atoms with Gasteiger partial charge < -0.3 is 15.1 Å². The maximum atomic E-state index is 12.6. The summed E-state index contributed by atoms with van der Waals surface area (Å²) in [6.45, 7) is 5.67. The zero-order chi connectivity index (χ0) is 19.4. The molecule has 2 amide bonds. The van der Waals surface area contributed by atoms with E-state index in [1.54, 1.807) is 4.90 Å². The fraction of sp³-hybridized carbons (Fsp3) is 0.737. The summed E-state index contributed by atoms with van der Waals surface area (Å²) in [5.41, 5.74) is 0.885. The monoisotopic (exact) mass is 382 g/mol. The molecular formula is C19H34N4O2S. The van der Waals surface area contributed by atoms with Crippen molar-refractivity contribution in [2.45, 2.75) is 58.8 Å². The highest BCUT2D eigenvalue weighted by molar-refractivity contribution is 7.13. The van der Waals surface area contributed by atoms with Crippen molar-refractivity contribution in [3.05, 3.63) is 11.1 Å². The van der Waals surface area contributed by atoms with E-state index in [2.05, 4.69) is 22.1 Å². The van der Waals surface area contributed by atoms with Crippen molar-refractivity contribution in [2.75, 3.05) is 39.0 Å². The van der Waals surface area contributed by atoms with Gasteiger partial charge in [-0.3, -0.25) is 9.59 Å². The molecule has 1 heterocycles. The number of aryl methyl sites for hydroxylation is 1. The minimum atomic E-state index is -0.177. The van der Waals surface area contributed by atoms with E-state index in [1.807, 2.05) is 26.4 Å². The molecular weight excluding hydrogens is 348 g/mol. The zero-order valence-corrected chi connectivity index (χ0v) is 17.5. The Morgan fingerprint density at radius 3 is 2.46 bits per heavy atom. The maximum Gasteiger partial charge on any atom is 0.245 e. The van der Waals surface area contributed by atoms with E-state index in [-0.39, 0.29) is 18.4 Å². The number of carbonyl (C=O) groups is 2. The molecule has 0 saturated carbocycles. The summed E-state index contributed by atoms with van der Waals surface area (Å²) in [5.74, 6) is -0.103. The fourth-order valence-electron chi connectivity index (χ4n) is 2.65. The maximum absolute atomic E-state index is 12.6. The van der Waals surface area contributed by atoms with Crippen LogP contribution < -0.4 is 5.32 Å². The summed E-state index contributed by atoms with van der Waals surface area (Å²) in [7, 11) is 4.02. The van der Waals surface area contributed by atoms with Gasteiger partial charge >= 0.3 is 0 Å². The Morgan fingerprint density at radius 1 is 1.12 bits per heavy atom. The number of nitrogens with zero attached hydrogens (tertiary/aromatic N) is 3. The van der Waals surface area contributed by atoms with E-state index in [0.29, 0.717) is 18.1 Å². The zero-order valence-electron chi connectivity index (χ0n) is 16.7. The number of hydrogen-bond donors (Lipinski definition) is 1. The summed E-state index contributed by atoms with van der Waals surface area (Å²) in [4.78, 5) is 32.9. The second kappa shape index (κ2) is 12.8. The minimum absolute atomic E-state index is 0.0747. The molecule has 1 aromatic heterocycles. The van der Waals surface area contributed by atoms with Crippen LogP contribution in [0.25, 0.3) is 0 Å². The third-order valence-electron chi connectivity index (χ3n) is 4.08. The highest BCUT2D eigenvalue weighted by Crippen LogP contribution is 2.14. The molecule has 6 nitrogen and oxygen atoms in total. The number of rotatable bonds is 13. The molecule has 0 aromatic carbocycles. The van der Waals surface area contributed by atoms with E-state index < -0.39 is 0 Å². The minimum Gasteiger partial charge on any atom is -0.333 e. The third-order valence-corrected chi connectivity index (χ3v) is 4.96. The lowest BCUT2D eigenvalue weighted by molar-refractivity contribution is -0.134. The van der Waals surface area contributed by atoms with Gasteiger partial charge in [0.25, 0.3) is 0 Å². The molecule has 0 bridgehead atoms. The molecule has 0 aliphatic heterocycles. The van der Waals surface area contributed by atoms with E-state index >= 15 is 0 Å². The van der Waals surface area contributed by atoms with Crippen LogP contribution in [0, 0.1) is 6.92 Å². The van der Waals surface area contributed by atoms with Crippen LogP contribution in [-0.2, 0) is 9.59 Å². The Balaban J connectivity index is 2.50. The molecule has 1 aromatic rings. The number of nitrogens with one attached hydrogen (secondary N) is 1. The van der Waals surface area contributed by atoms with Gasteiger partial charge in [0.15, 0.2) is 5.13 Å². The number of amides is 2. The Labute approximate surface area is 162 Å². The summed E-state index contributed by atoms with van der Waals surface area (Å²) < 4.78 is 0. The second-order valence-corrected chi connectivity index (χ2v) is 7.84. The summed E-state index contributed by atoms with van der Waals surface area (Å²) in [6, 6.07) is 0. The van der Waals surface area contributed by atoms with E-state index in [0.717, 1.165) is 31.5 Å². The van der Waals surface area contributed by atoms with Crippen LogP contribution in [0.2, 0.25) is 0 Å². The Kier molecular flexibility index (Phi) is 11.1. The average molecular weight is 383 g/mol. The van der Waals surface area contributed by atoms with Gasteiger partial charge in [-0.1, -0.05) is 32.6 Å². The van der Waals surface area contributed by atoms with E-state index in [4.69, 9.17) is 0 Å².